The summed E-state index contributed by atoms with van der Waals surface area (Å²) in [5.74, 6) is 1.52. The van der Waals surface area contributed by atoms with Crippen LogP contribution in [0.5, 0.6) is 5.75 Å². The molecule has 0 bridgehead atoms. The minimum Gasteiger partial charge on any atom is -0.494 e. The molecule has 4 aromatic rings. The van der Waals surface area contributed by atoms with Crippen LogP contribution in [0.15, 0.2) is 65.2 Å². The maximum atomic E-state index is 6.01. The summed E-state index contributed by atoms with van der Waals surface area (Å²) in [6.07, 6.45) is 5.23. The summed E-state index contributed by atoms with van der Waals surface area (Å²) in [5, 5.41) is 6.64. The minimum atomic E-state index is -0.412. The number of fused-ring (bicyclic) bond motifs is 2. The van der Waals surface area contributed by atoms with E-state index < -0.39 is 6.23 Å². The lowest BCUT2D eigenvalue weighted by Crippen LogP contribution is -2.23. The Hall–Kier alpha value is -3.29. The van der Waals surface area contributed by atoms with Gasteiger partial charge in [0.25, 0.3) is 0 Å². The van der Waals surface area contributed by atoms with Crippen LogP contribution in [0.1, 0.15) is 35.2 Å². The normalized spacial score (nSPS) is 15.2. The second-order valence-corrected chi connectivity index (χ2v) is 8.67. The van der Waals surface area contributed by atoms with Crippen LogP contribution in [0.3, 0.4) is 0 Å². The Kier molecular flexibility index (Phi) is 5.83. The average molecular weight is 445 g/mol. The first-order chi connectivity index (χ1) is 15.7. The van der Waals surface area contributed by atoms with Gasteiger partial charge in [0, 0.05) is 36.4 Å². The Balaban J connectivity index is 1.27. The van der Waals surface area contributed by atoms with Gasteiger partial charge in [0.2, 0.25) is 0 Å². The molecule has 0 saturated heterocycles. The van der Waals surface area contributed by atoms with E-state index >= 15 is 0 Å². The number of methoxy groups -OCH3 is 1. The van der Waals surface area contributed by atoms with E-state index in [0.717, 1.165) is 51.3 Å². The molecule has 4 heterocycles. The van der Waals surface area contributed by atoms with Gasteiger partial charge >= 0.3 is 0 Å². The van der Waals surface area contributed by atoms with Crippen LogP contribution in [0.2, 0.25) is 0 Å². The number of amidine groups is 1. The largest absolute Gasteiger partial charge is 0.494 e. The standard InChI is InChI=1S/C25H24N4O2S/c1-16-12-17(7-9-26-16)4-3-10-31-19-5-6-21-20(14-19)25(30-2)29-24(28-21)22-13-18-8-11-32-23(18)15-27-22/h5-9,11-15,25H,3-4,10H2,1-2H3,(H,28,29). The number of aliphatic imine (C=N–C) groups is 1. The van der Waals surface area contributed by atoms with Gasteiger partial charge in [-0.1, -0.05) is 0 Å². The van der Waals surface area contributed by atoms with Crippen LogP contribution >= 0.6 is 11.3 Å². The van der Waals surface area contributed by atoms with Crippen molar-refractivity contribution in [2.45, 2.75) is 26.0 Å². The van der Waals surface area contributed by atoms with Gasteiger partial charge in [0.15, 0.2) is 12.1 Å². The molecule has 7 heteroatoms. The van der Waals surface area contributed by atoms with Crippen molar-refractivity contribution < 1.29 is 9.47 Å². The fourth-order valence-electron chi connectivity index (χ4n) is 3.83. The molecule has 0 spiro atoms. The number of ether oxygens (including phenoxy) is 2. The first kappa shape index (κ1) is 20.6. The van der Waals surface area contributed by atoms with Crippen LogP contribution in [0.4, 0.5) is 5.69 Å². The number of hydrogen-bond donors (Lipinski definition) is 1. The van der Waals surface area contributed by atoms with Crippen LogP contribution in [-0.2, 0) is 11.2 Å². The number of nitrogens with zero attached hydrogens (tertiary/aromatic N) is 3. The highest BCUT2D eigenvalue weighted by Crippen LogP contribution is 2.34. The highest BCUT2D eigenvalue weighted by atomic mass is 32.1. The zero-order valence-electron chi connectivity index (χ0n) is 18.0. The summed E-state index contributed by atoms with van der Waals surface area (Å²) in [4.78, 5) is 13.6. The Morgan fingerprint density at radius 3 is 2.91 bits per heavy atom. The zero-order valence-corrected chi connectivity index (χ0v) is 18.9. The van der Waals surface area contributed by atoms with Crippen molar-refractivity contribution in [3.8, 4) is 5.75 Å². The van der Waals surface area contributed by atoms with Gasteiger partial charge in [-0.25, -0.2) is 4.99 Å². The number of aryl methyl sites for hydroxylation is 2. The predicted octanol–water partition coefficient (Wildman–Crippen LogP) is 5.53. The molecular weight excluding hydrogens is 420 g/mol. The predicted molar refractivity (Wildman–Crippen MR) is 129 cm³/mol. The Bertz CT molecular complexity index is 1280. The molecule has 0 saturated carbocycles. The molecule has 6 nitrogen and oxygen atoms in total. The van der Waals surface area contributed by atoms with Gasteiger partial charge < -0.3 is 14.8 Å². The molecule has 5 rings (SSSR count). The van der Waals surface area contributed by atoms with E-state index in [4.69, 9.17) is 14.5 Å². The molecule has 0 aliphatic carbocycles. The SMILES string of the molecule is COC1N=C(c2cc3ccsc3cn2)Nc2ccc(OCCCc3ccnc(C)c3)cc21. The third-order valence-electron chi connectivity index (χ3n) is 5.43. The van der Waals surface area contributed by atoms with E-state index in [1.807, 2.05) is 37.5 Å². The fourth-order valence-corrected chi connectivity index (χ4v) is 4.57. The van der Waals surface area contributed by atoms with E-state index in [2.05, 4.69) is 44.9 Å². The van der Waals surface area contributed by atoms with Crippen molar-refractivity contribution in [2.75, 3.05) is 19.0 Å². The number of benzene rings is 1. The summed E-state index contributed by atoms with van der Waals surface area (Å²) in [6.45, 7) is 2.65. The number of anilines is 1. The zero-order chi connectivity index (χ0) is 21.9. The van der Waals surface area contributed by atoms with Gasteiger partial charge in [0.1, 0.15) is 11.4 Å². The monoisotopic (exact) mass is 444 g/mol. The molecule has 1 unspecified atom stereocenters. The lowest BCUT2D eigenvalue weighted by atomic mass is 10.1. The van der Waals surface area contributed by atoms with E-state index in [-0.39, 0.29) is 0 Å². The topological polar surface area (TPSA) is 68.6 Å². The number of pyridine rings is 2. The molecule has 32 heavy (non-hydrogen) atoms. The fraction of sp³-hybridized carbons (Fsp3) is 0.240. The van der Waals surface area contributed by atoms with E-state index in [1.165, 1.54) is 5.56 Å². The van der Waals surface area contributed by atoms with Gasteiger partial charge in [0.05, 0.1) is 11.3 Å². The van der Waals surface area contributed by atoms with Gasteiger partial charge in [-0.15, -0.1) is 11.3 Å². The summed E-state index contributed by atoms with van der Waals surface area (Å²) >= 11 is 1.68. The number of rotatable bonds is 7. The quantitative estimate of drug-likeness (QED) is 0.380. The van der Waals surface area contributed by atoms with Crippen molar-refractivity contribution in [3.05, 3.63) is 82.8 Å². The van der Waals surface area contributed by atoms with Crippen LogP contribution in [0.25, 0.3) is 10.1 Å². The molecule has 0 fully saturated rings. The first-order valence-electron chi connectivity index (χ1n) is 10.6. The second-order valence-electron chi connectivity index (χ2n) is 7.73. The van der Waals surface area contributed by atoms with Gasteiger partial charge in [-0.05, 0) is 78.6 Å². The number of hydrogen-bond acceptors (Lipinski definition) is 7. The second kappa shape index (κ2) is 9.06. The number of nitrogens with one attached hydrogen (secondary N) is 1. The molecule has 3 aromatic heterocycles. The Morgan fingerprint density at radius 2 is 2.03 bits per heavy atom. The van der Waals surface area contributed by atoms with Crippen molar-refractivity contribution in [1.29, 1.82) is 0 Å². The summed E-state index contributed by atoms with van der Waals surface area (Å²) in [7, 11) is 1.67. The highest BCUT2D eigenvalue weighted by molar-refractivity contribution is 7.17. The van der Waals surface area contributed by atoms with E-state index in [9.17, 15) is 0 Å². The maximum absolute atomic E-state index is 6.01. The molecular formula is C25H24N4O2S. The van der Waals surface area contributed by atoms with Crippen LogP contribution in [-0.4, -0.2) is 29.5 Å². The van der Waals surface area contributed by atoms with Crippen LogP contribution in [0, 0.1) is 6.92 Å². The number of thiophene rings is 1. The molecule has 1 aromatic carbocycles. The summed E-state index contributed by atoms with van der Waals surface area (Å²) < 4.78 is 12.8. The highest BCUT2D eigenvalue weighted by Gasteiger charge is 2.23. The third kappa shape index (κ3) is 4.35. The molecule has 0 amide bonds. The average Bonchev–Trinajstić information content (AvgIpc) is 3.29. The van der Waals surface area contributed by atoms with Crippen LogP contribution < -0.4 is 10.1 Å². The lowest BCUT2D eigenvalue weighted by molar-refractivity contribution is 0.111. The molecule has 1 N–H and O–H groups in total. The minimum absolute atomic E-state index is 0.412. The first-order valence-corrected chi connectivity index (χ1v) is 11.5. The summed E-state index contributed by atoms with van der Waals surface area (Å²) in [5.41, 5.74) is 5.03. The molecule has 1 atom stereocenters. The molecule has 1 aliphatic rings. The molecule has 1 aliphatic heterocycles. The smallest absolute Gasteiger partial charge is 0.178 e. The molecule has 162 valence electrons. The van der Waals surface area contributed by atoms with Crippen molar-refractivity contribution in [3.63, 3.8) is 0 Å². The Labute approximate surface area is 191 Å². The maximum Gasteiger partial charge on any atom is 0.178 e. The lowest BCUT2D eigenvalue weighted by Gasteiger charge is -2.24. The van der Waals surface area contributed by atoms with Gasteiger partial charge in [-0.2, -0.15) is 0 Å². The summed E-state index contributed by atoms with van der Waals surface area (Å²) in [6, 6.07) is 14.3. The van der Waals surface area contributed by atoms with Crippen molar-refractivity contribution in [1.82, 2.24) is 9.97 Å². The molecule has 0 radical (unpaired) electrons. The third-order valence-corrected chi connectivity index (χ3v) is 6.30. The van der Waals surface area contributed by atoms with E-state index in [1.54, 1.807) is 18.4 Å². The van der Waals surface area contributed by atoms with Crippen molar-refractivity contribution in [2.24, 2.45) is 4.99 Å². The van der Waals surface area contributed by atoms with Gasteiger partial charge in [-0.3, -0.25) is 9.97 Å². The van der Waals surface area contributed by atoms with E-state index in [0.29, 0.717) is 12.4 Å². The Morgan fingerprint density at radius 1 is 1.09 bits per heavy atom. The number of aromatic nitrogens is 2. The van der Waals surface area contributed by atoms with Crippen molar-refractivity contribution >= 4 is 32.9 Å².